The van der Waals surface area contributed by atoms with Crippen LogP contribution in [0.2, 0.25) is 0 Å². The van der Waals surface area contributed by atoms with Gasteiger partial charge in [0.05, 0.1) is 5.69 Å². The van der Waals surface area contributed by atoms with Gasteiger partial charge >= 0.3 is 0 Å². The van der Waals surface area contributed by atoms with Gasteiger partial charge in [-0.25, -0.2) is 0 Å². The first-order chi connectivity index (χ1) is 12.5. The van der Waals surface area contributed by atoms with Crippen LogP contribution < -0.4 is 15.1 Å². The number of Topliss-reactive ketones (excluding diaryl/α,β-unsaturated/α-hetero) is 1. The molecule has 2 aromatic carbocycles. The van der Waals surface area contributed by atoms with Crippen LogP contribution in [0.15, 0.2) is 42.5 Å². The van der Waals surface area contributed by atoms with E-state index in [1.54, 1.807) is 6.07 Å². The van der Waals surface area contributed by atoms with Crippen molar-refractivity contribution >= 4 is 28.8 Å². The third kappa shape index (κ3) is 3.87. The van der Waals surface area contributed by atoms with E-state index in [0.717, 1.165) is 24.5 Å². The quantitative estimate of drug-likeness (QED) is 0.833. The summed E-state index contributed by atoms with van der Waals surface area (Å²) in [6.45, 7) is 3.56. The van der Waals surface area contributed by atoms with E-state index in [1.165, 1.54) is 19.8 Å². The minimum absolute atomic E-state index is 0.0524. The molecule has 1 aliphatic rings. The number of nitrogens with zero attached hydrogens (tertiary/aromatic N) is 2. The Balaban J connectivity index is 1.85. The van der Waals surface area contributed by atoms with Gasteiger partial charge in [0.1, 0.15) is 0 Å². The first-order valence-electron chi connectivity index (χ1n) is 8.94. The average molecular weight is 351 g/mol. The van der Waals surface area contributed by atoms with Gasteiger partial charge in [-0.15, -0.1) is 0 Å². The number of ketones is 1. The van der Waals surface area contributed by atoms with E-state index in [0.29, 0.717) is 16.8 Å². The van der Waals surface area contributed by atoms with Crippen LogP contribution in [0.4, 0.5) is 17.1 Å². The van der Waals surface area contributed by atoms with Gasteiger partial charge < -0.3 is 15.1 Å². The number of anilines is 3. The molecule has 1 heterocycles. The molecule has 136 valence electrons. The monoisotopic (exact) mass is 351 g/mol. The number of carbonyl (C=O) groups is 2. The van der Waals surface area contributed by atoms with Crippen molar-refractivity contribution in [2.45, 2.75) is 19.8 Å². The SMILES string of the molecule is CC(=O)c1cc(N2CCCC2)ccc1NC(=O)c1cccc(N(C)C)c1. The molecule has 1 fully saturated rings. The van der Waals surface area contributed by atoms with E-state index >= 15 is 0 Å². The lowest BCUT2D eigenvalue weighted by Crippen LogP contribution is -2.19. The minimum Gasteiger partial charge on any atom is -0.378 e. The summed E-state index contributed by atoms with van der Waals surface area (Å²) in [7, 11) is 3.86. The van der Waals surface area contributed by atoms with Gasteiger partial charge in [0.2, 0.25) is 0 Å². The molecule has 0 radical (unpaired) electrons. The van der Waals surface area contributed by atoms with Crippen molar-refractivity contribution in [2.24, 2.45) is 0 Å². The van der Waals surface area contributed by atoms with Gasteiger partial charge in [-0.1, -0.05) is 6.07 Å². The summed E-state index contributed by atoms with van der Waals surface area (Å²) in [5, 5.41) is 2.90. The molecular weight excluding hydrogens is 326 g/mol. The highest BCUT2D eigenvalue weighted by Crippen LogP contribution is 2.27. The van der Waals surface area contributed by atoms with Gasteiger partial charge in [0.15, 0.2) is 5.78 Å². The molecule has 1 saturated heterocycles. The van der Waals surface area contributed by atoms with Crippen molar-refractivity contribution in [3.8, 4) is 0 Å². The molecule has 3 rings (SSSR count). The van der Waals surface area contributed by atoms with E-state index in [-0.39, 0.29) is 11.7 Å². The number of hydrogen-bond donors (Lipinski definition) is 1. The normalized spacial score (nSPS) is 13.6. The lowest BCUT2D eigenvalue weighted by atomic mass is 10.1. The van der Waals surface area contributed by atoms with Crippen molar-refractivity contribution in [1.29, 1.82) is 0 Å². The summed E-state index contributed by atoms with van der Waals surface area (Å²) >= 11 is 0. The van der Waals surface area contributed by atoms with Crippen molar-refractivity contribution in [3.63, 3.8) is 0 Å². The fraction of sp³-hybridized carbons (Fsp3) is 0.333. The molecule has 0 atom stereocenters. The van der Waals surface area contributed by atoms with Crippen LogP contribution in [0, 0.1) is 0 Å². The summed E-state index contributed by atoms with van der Waals surface area (Å²) in [6, 6.07) is 13.1. The third-order valence-electron chi connectivity index (χ3n) is 4.73. The van der Waals surface area contributed by atoms with E-state index in [4.69, 9.17) is 0 Å². The van der Waals surface area contributed by atoms with Crippen molar-refractivity contribution in [2.75, 3.05) is 42.3 Å². The maximum atomic E-state index is 12.7. The van der Waals surface area contributed by atoms with Crippen LogP contribution in [0.3, 0.4) is 0 Å². The molecule has 0 spiro atoms. The Morgan fingerprint density at radius 3 is 2.42 bits per heavy atom. The highest BCUT2D eigenvalue weighted by Gasteiger charge is 2.17. The average Bonchev–Trinajstić information content (AvgIpc) is 3.16. The number of hydrogen-bond acceptors (Lipinski definition) is 4. The second-order valence-electron chi connectivity index (χ2n) is 6.88. The molecule has 26 heavy (non-hydrogen) atoms. The minimum atomic E-state index is -0.217. The number of carbonyl (C=O) groups excluding carboxylic acids is 2. The number of nitrogens with one attached hydrogen (secondary N) is 1. The predicted octanol–water partition coefficient (Wildman–Crippen LogP) is 3.81. The van der Waals surface area contributed by atoms with Gasteiger partial charge in [-0.05, 0) is 56.2 Å². The Morgan fingerprint density at radius 2 is 1.77 bits per heavy atom. The summed E-state index contributed by atoms with van der Waals surface area (Å²) < 4.78 is 0. The molecule has 1 amide bonds. The maximum absolute atomic E-state index is 12.7. The molecule has 2 aromatic rings. The second kappa shape index (κ2) is 7.60. The Labute approximate surface area is 154 Å². The van der Waals surface area contributed by atoms with Crippen molar-refractivity contribution < 1.29 is 9.59 Å². The zero-order chi connectivity index (χ0) is 18.7. The molecule has 5 heteroatoms. The van der Waals surface area contributed by atoms with Crippen LogP contribution in [0.1, 0.15) is 40.5 Å². The smallest absolute Gasteiger partial charge is 0.255 e. The highest BCUT2D eigenvalue weighted by molar-refractivity contribution is 6.09. The summed E-state index contributed by atoms with van der Waals surface area (Å²) in [4.78, 5) is 29.0. The Bertz CT molecular complexity index is 824. The molecule has 1 aliphatic heterocycles. The predicted molar refractivity (Wildman–Crippen MR) is 107 cm³/mol. The van der Waals surface area contributed by atoms with Gasteiger partial charge in [0.25, 0.3) is 5.91 Å². The van der Waals surface area contributed by atoms with E-state index < -0.39 is 0 Å². The van der Waals surface area contributed by atoms with Crippen molar-refractivity contribution in [3.05, 3.63) is 53.6 Å². The van der Waals surface area contributed by atoms with E-state index in [1.807, 2.05) is 55.4 Å². The third-order valence-corrected chi connectivity index (χ3v) is 4.73. The molecule has 0 unspecified atom stereocenters. The summed E-state index contributed by atoms with van der Waals surface area (Å²) in [5.74, 6) is -0.270. The molecule has 0 aliphatic carbocycles. The second-order valence-corrected chi connectivity index (χ2v) is 6.88. The Hall–Kier alpha value is -2.82. The molecule has 0 aromatic heterocycles. The van der Waals surface area contributed by atoms with Gasteiger partial charge in [-0.2, -0.15) is 0 Å². The van der Waals surface area contributed by atoms with Crippen LogP contribution in [-0.2, 0) is 0 Å². The maximum Gasteiger partial charge on any atom is 0.255 e. The Morgan fingerprint density at radius 1 is 1.04 bits per heavy atom. The number of amides is 1. The van der Waals surface area contributed by atoms with Gasteiger partial charge in [0, 0.05) is 49.7 Å². The molecule has 0 bridgehead atoms. The topological polar surface area (TPSA) is 52.7 Å². The fourth-order valence-corrected chi connectivity index (χ4v) is 3.22. The Kier molecular flexibility index (Phi) is 5.26. The van der Waals surface area contributed by atoms with Gasteiger partial charge in [-0.3, -0.25) is 9.59 Å². The van der Waals surface area contributed by atoms with Crippen LogP contribution in [-0.4, -0.2) is 38.9 Å². The lowest BCUT2D eigenvalue weighted by Gasteiger charge is -2.20. The van der Waals surface area contributed by atoms with Crippen LogP contribution >= 0.6 is 0 Å². The largest absolute Gasteiger partial charge is 0.378 e. The highest BCUT2D eigenvalue weighted by atomic mass is 16.1. The first kappa shape index (κ1) is 18.0. The van der Waals surface area contributed by atoms with E-state index in [2.05, 4.69) is 10.2 Å². The zero-order valence-electron chi connectivity index (χ0n) is 15.6. The van der Waals surface area contributed by atoms with Crippen LogP contribution in [0.25, 0.3) is 0 Å². The molecule has 1 N–H and O–H groups in total. The van der Waals surface area contributed by atoms with Crippen LogP contribution in [0.5, 0.6) is 0 Å². The first-order valence-corrected chi connectivity index (χ1v) is 8.94. The summed E-state index contributed by atoms with van der Waals surface area (Å²) in [5.41, 5.74) is 3.66. The van der Waals surface area contributed by atoms with Crippen molar-refractivity contribution in [1.82, 2.24) is 0 Å². The number of rotatable bonds is 5. The summed E-state index contributed by atoms with van der Waals surface area (Å²) in [6.07, 6.45) is 2.35. The molecular formula is C21H25N3O2. The fourth-order valence-electron chi connectivity index (χ4n) is 3.22. The molecule has 5 nitrogen and oxygen atoms in total. The zero-order valence-corrected chi connectivity index (χ0v) is 15.6. The lowest BCUT2D eigenvalue weighted by molar-refractivity contribution is 0.101. The molecule has 0 saturated carbocycles. The standard InChI is InChI=1S/C21H25N3O2/c1-15(25)19-14-18(24-11-4-5-12-24)9-10-20(19)22-21(26)16-7-6-8-17(13-16)23(2)3/h6-10,13-14H,4-5,11-12H2,1-3H3,(H,22,26). The number of benzene rings is 2. The van der Waals surface area contributed by atoms with E-state index in [9.17, 15) is 9.59 Å².